The van der Waals surface area contributed by atoms with Crippen molar-refractivity contribution in [1.29, 1.82) is 0 Å². The van der Waals surface area contributed by atoms with Crippen molar-refractivity contribution in [2.75, 3.05) is 5.32 Å². The van der Waals surface area contributed by atoms with Gasteiger partial charge in [-0.05, 0) is 37.3 Å². The lowest BCUT2D eigenvalue weighted by atomic mass is 10.2. The molecule has 0 saturated carbocycles. The molecule has 0 aliphatic carbocycles. The van der Waals surface area contributed by atoms with Gasteiger partial charge in [0.2, 0.25) is 0 Å². The minimum atomic E-state index is -0.380. The zero-order chi connectivity index (χ0) is 13.8. The van der Waals surface area contributed by atoms with Gasteiger partial charge in [0.1, 0.15) is 11.5 Å². The van der Waals surface area contributed by atoms with Crippen molar-refractivity contribution in [3.05, 3.63) is 59.2 Å². The maximum absolute atomic E-state index is 13.3. The molecule has 1 aromatic heterocycles. The molecule has 2 rings (SSSR count). The summed E-state index contributed by atoms with van der Waals surface area (Å²) in [4.78, 5) is 16.1. The van der Waals surface area contributed by atoms with Crippen molar-refractivity contribution in [2.45, 2.75) is 13.5 Å². The fourth-order valence-corrected chi connectivity index (χ4v) is 1.67. The molecule has 4 nitrogen and oxygen atoms in total. The summed E-state index contributed by atoms with van der Waals surface area (Å²) in [5.74, 6) is -0.715. The van der Waals surface area contributed by atoms with E-state index in [0.717, 1.165) is 5.69 Å². The van der Waals surface area contributed by atoms with Crippen LogP contribution in [0, 0.1) is 12.7 Å². The van der Waals surface area contributed by atoms with E-state index in [2.05, 4.69) is 10.3 Å². The van der Waals surface area contributed by atoms with Crippen LogP contribution in [0.4, 0.5) is 10.1 Å². The van der Waals surface area contributed by atoms with Crippen molar-refractivity contribution < 1.29 is 9.18 Å². The Hall–Kier alpha value is -2.27. The first-order valence-electron chi connectivity index (χ1n) is 5.83. The largest absolute Gasteiger partial charge is 0.326 e. The Bertz CT molecular complexity index is 613. The lowest BCUT2D eigenvalue weighted by Crippen LogP contribution is -2.14. The Morgan fingerprint density at radius 3 is 2.84 bits per heavy atom. The van der Waals surface area contributed by atoms with Crippen molar-refractivity contribution in [3.63, 3.8) is 0 Å². The van der Waals surface area contributed by atoms with E-state index in [9.17, 15) is 9.18 Å². The van der Waals surface area contributed by atoms with Crippen molar-refractivity contribution in [1.82, 2.24) is 4.98 Å². The van der Waals surface area contributed by atoms with Gasteiger partial charge in [0.25, 0.3) is 5.91 Å². The quantitative estimate of drug-likeness (QED) is 0.888. The number of carbonyl (C=O) groups is 1. The molecule has 1 aromatic carbocycles. The van der Waals surface area contributed by atoms with E-state index in [1.54, 1.807) is 25.1 Å². The maximum Gasteiger partial charge on any atom is 0.274 e. The van der Waals surface area contributed by atoms with E-state index >= 15 is 0 Å². The number of benzene rings is 1. The second kappa shape index (κ2) is 5.58. The standard InChI is InChI=1S/C14H14FN3O/c1-9-3-2-4-13(17-9)14(19)18-11-5-6-12(15)10(7-11)8-16/h2-7H,8,16H2,1H3,(H,18,19). The zero-order valence-electron chi connectivity index (χ0n) is 10.5. The Balaban J connectivity index is 2.19. The number of nitrogens with two attached hydrogens (primary N) is 1. The van der Waals surface area contributed by atoms with Gasteiger partial charge in [-0.25, -0.2) is 9.37 Å². The van der Waals surface area contributed by atoms with Gasteiger partial charge in [-0.2, -0.15) is 0 Å². The number of hydrogen-bond donors (Lipinski definition) is 2. The molecule has 19 heavy (non-hydrogen) atoms. The summed E-state index contributed by atoms with van der Waals surface area (Å²) >= 11 is 0. The number of pyridine rings is 1. The first-order chi connectivity index (χ1) is 9.10. The number of aryl methyl sites for hydroxylation is 1. The van der Waals surface area contributed by atoms with Crippen molar-refractivity contribution in [3.8, 4) is 0 Å². The molecule has 98 valence electrons. The van der Waals surface area contributed by atoms with Crippen LogP contribution in [-0.4, -0.2) is 10.9 Å². The number of halogens is 1. The van der Waals surface area contributed by atoms with E-state index in [1.807, 2.05) is 0 Å². The lowest BCUT2D eigenvalue weighted by molar-refractivity contribution is 0.102. The summed E-state index contributed by atoms with van der Waals surface area (Å²) in [6.45, 7) is 1.89. The lowest BCUT2D eigenvalue weighted by Gasteiger charge is -2.07. The molecular weight excluding hydrogens is 245 g/mol. The van der Waals surface area contributed by atoms with Gasteiger partial charge in [-0.1, -0.05) is 6.07 Å². The summed E-state index contributed by atoms with van der Waals surface area (Å²) in [5.41, 5.74) is 7.35. The van der Waals surface area contributed by atoms with Crippen LogP contribution < -0.4 is 11.1 Å². The highest BCUT2D eigenvalue weighted by atomic mass is 19.1. The molecule has 0 fully saturated rings. The van der Waals surface area contributed by atoms with E-state index < -0.39 is 0 Å². The summed E-state index contributed by atoms with van der Waals surface area (Å²) in [5, 5.41) is 2.66. The van der Waals surface area contributed by atoms with Gasteiger partial charge < -0.3 is 11.1 Å². The Morgan fingerprint density at radius 2 is 2.16 bits per heavy atom. The molecule has 1 heterocycles. The third-order valence-electron chi connectivity index (χ3n) is 2.64. The van der Waals surface area contributed by atoms with Crippen LogP contribution in [0.15, 0.2) is 36.4 Å². The first kappa shape index (κ1) is 13.2. The van der Waals surface area contributed by atoms with Crippen LogP contribution in [0.3, 0.4) is 0 Å². The van der Waals surface area contributed by atoms with E-state index in [0.29, 0.717) is 16.9 Å². The topological polar surface area (TPSA) is 68.0 Å². The smallest absolute Gasteiger partial charge is 0.274 e. The minimum absolute atomic E-state index is 0.0816. The van der Waals surface area contributed by atoms with Crippen molar-refractivity contribution >= 4 is 11.6 Å². The van der Waals surface area contributed by atoms with Gasteiger partial charge in [0, 0.05) is 23.5 Å². The highest BCUT2D eigenvalue weighted by molar-refractivity contribution is 6.02. The summed E-state index contributed by atoms with van der Waals surface area (Å²) in [7, 11) is 0. The Morgan fingerprint density at radius 1 is 1.37 bits per heavy atom. The van der Waals surface area contributed by atoms with Gasteiger partial charge in [-0.3, -0.25) is 4.79 Å². The van der Waals surface area contributed by atoms with E-state index in [1.165, 1.54) is 18.2 Å². The molecule has 5 heteroatoms. The van der Waals surface area contributed by atoms with Crippen LogP contribution >= 0.6 is 0 Å². The SMILES string of the molecule is Cc1cccc(C(=O)Nc2ccc(F)c(CN)c2)n1. The van der Waals surface area contributed by atoms with Crippen LogP contribution in [0.5, 0.6) is 0 Å². The number of rotatable bonds is 3. The molecular formula is C14H14FN3O. The fourth-order valence-electron chi connectivity index (χ4n) is 1.67. The molecule has 0 bridgehead atoms. The minimum Gasteiger partial charge on any atom is -0.326 e. The summed E-state index contributed by atoms with van der Waals surface area (Å²) in [6, 6.07) is 9.47. The molecule has 3 N–H and O–H groups in total. The number of aromatic nitrogens is 1. The first-order valence-corrected chi connectivity index (χ1v) is 5.83. The molecule has 0 aliphatic rings. The van der Waals surface area contributed by atoms with Gasteiger partial charge in [0.15, 0.2) is 0 Å². The zero-order valence-corrected chi connectivity index (χ0v) is 10.5. The number of nitrogens with zero attached hydrogens (tertiary/aromatic N) is 1. The molecule has 0 unspecified atom stereocenters. The third kappa shape index (κ3) is 3.14. The normalized spacial score (nSPS) is 10.3. The predicted octanol–water partition coefficient (Wildman–Crippen LogP) is 2.24. The number of amides is 1. The van der Waals surface area contributed by atoms with Crippen LogP contribution in [0.2, 0.25) is 0 Å². The molecule has 2 aromatic rings. The average Bonchev–Trinajstić information content (AvgIpc) is 2.41. The van der Waals surface area contributed by atoms with Crippen LogP contribution in [-0.2, 0) is 6.54 Å². The highest BCUT2D eigenvalue weighted by Gasteiger charge is 2.09. The second-order valence-corrected chi connectivity index (χ2v) is 4.13. The molecule has 0 spiro atoms. The molecule has 0 radical (unpaired) electrons. The number of nitrogens with one attached hydrogen (secondary N) is 1. The van der Waals surface area contributed by atoms with Crippen LogP contribution in [0.25, 0.3) is 0 Å². The molecule has 0 saturated heterocycles. The Kier molecular flexibility index (Phi) is 3.87. The summed E-state index contributed by atoms with van der Waals surface area (Å²) < 4.78 is 13.3. The molecule has 0 atom stereocenters. The fraction of sp³-hybridized carbons (Fsp3) is 0.143. The average molecular weight is 259 g/mol. The Labute approximate surface area is 110 Å². The monoisotopic (exact) mass is 259 g/mol. The predicted molar refractivity (Wildman–Crippen MR) is 71.2 cm³/mol. The van der Waals surface area contributed by atoms with Gasteiger partial charge >= 0.3 is 0 Å². The molecule has 1 amide bonds. The number of carbonyl (C=O) groups excluding carboxylic acids is 1. The van der Waals surface area contributed by atoms with Crippen LogP contribution in [0.1, 0.15) is 21.7 Å². The van der Waals surface area contributed by atoms with E-state index in [4.69, 9.17) is 5.73 Å². The highest BCUT2D eigenvalue weighted by Crippen LogP contribution is 2.15. The number of anilines is 1. The molecule has 0 aliphatic heterocycles. The van der Waals surface area contributed by atoms with Crippen molar-refractivity contribution in [2.24, 2.45) is 5.73 Å². The number of hydrogen-bond acceptors (Lipinski definition) is 3. The third-order valence-corrected chi connectivity index (χ3v) is 2.64. The maximum atomic E-state index is 13.3. The van der Waals surface area contributed by atoms with Gasteiger partial charge in [-0.15, -0.1) is 0 Å². The summed E-state index contributed by atoms with van der Waals surface area (Å²) in [6.07, 6.45) is 0. The van der Waals surface area contributed by atoms with E-state index in [-0.39, 0.29) is 18.3 Å². The second-order valence-electron chi connectivity index (χ2n) is 4.13. The van der Waals surface area contributed by atoms with Gasteiger partial charge in [0.05, 0.1) is 0 Å².